The van der Waals surface area contributed by atoms with E-state index in [0.29, 0.717) is 62.7 Å². The zero-order valence-corrected chi connectivity index (χ0v) is 31.2. The fraction of sp³-hybridized carbons (Fsp3) is 0.243. The van der Waals surface area contributed by atoms with Crippen molar-refractivity contribution in [3.8, 4) is 22.0 Å². The fourth-order valence-electron chi connectivity index (χ4n) is 6.39. The van der Waals surface area contributed by atoms with Gasteiger partial charge in [0.25, 0.3) is 0 Å². The van der Waals surface area contributed by atoms with E-state index < -0.39 is 12.0 Å². The lowest BCUT2D eigenvalue weighted by molar-refractivity contribution is -0.121. The minimum atomic E-state index is -1.04. The molecule has 1 atom stereocenters. The van der Waals surface area contributed by atoms with Crippen molar-refractivity contribution in [1.82, 2.24) is 30.0 Å². The third-order valence-corrected chi connectivity index (χ3v) is 11.0. The number of carbonyl (C=O) groups excluding carboxylic acids is 1. The van der Waals surface area contributed by atoms with Gasteiger partial charge in [-0.25, -0.2) is 4.79 Å². The molecule has 15 heteroatoms. The fourth-order valence-corrected chi connectivity index (χ4v) is 7.99. The Morgan fingerprint density at radius 3 is 2.58 bits per heavy atom. The Labute approximate surface area is 313 Å². The standard InChI is InChI=1S/C37H34Cl2N8O4S/c1-18-19(2)52-36-32(18)33(21-6-8-22(38)9-7-21)42-29(34-45-44-20(3)47(34)36)16-31(48)40-12-13-46(4)30-11-10-23(35(43-30)51-5)24-14-25-26(37(49)50)17-41-28(25)15-27(24)39/h6-11,14-15,17,29,41H,12-13,16H2,1-5H3,(H,40,48)(H,49,50)/t29-/m0/s1. The number of hydrogen-bond acceptors (Lipinski definition) is 9. The highest BCUT2D eigenvalue weighted by Crippen LogP contribution is 2.40. The number of aliphatic imine (C=N–C) groups is 1. The lowest BCUT2D eigenvalue weighted by Crippen LogP contribution is -2.34. The summed E-state index contributed by atoms with van der Waals surface area (Å²) in [5.41, 5.74) is 5.78. The van der Waals surface area contributed by atoms with Crippen LogP contribution >= 0.6 is 34.5 Å². The van der Waals surface area contributed by atoms with E-state index in [-0.39, 0.29) is 17.9 Å². The Kier molecular flexibility index (Phi) is 9.51. The minimum Gasteiger partial charge on any atom is -0.480 e. The number of carboxylic acids is 1. The van der Waals surface area contributed by atoms with Gasteiger partial charge >= 0.3 is 5.97 Å². The van der Waals surface area contributed by atoms with Crippen molar-refractivity contribution in [1.29, 1.82) is 0 Å². The van der Waals surface area contributed by atoms with Gasteiger partial charge in [0, 0.05) is 69.4 Å². The van der Waals surface area contributed by atoms with Crippen molar-refractivity contribution in [2.75, 3.05) is 32.1 Å². The van der Waals surface area contributed by atoms with Crippen molar-refractivity contribution >= 4 is 68.8 Å². The van der Waals surface area contributed by atoms with Crippen molar-refractivity contribution in [3.63, 3.8) is 0 Å². The molecule has 1 aliphatic heterocycles. The number of H-pyrrole nitrogens is 1. The van der Waals surface area contributed by atoms with Crippen LogP contribution in [0.5, 0.6) is 5.88 Å². The average molecular weight is 758 g/mol. The number of likely N-dealkylation sites (N-methyl/N-ethyl adjacent to an activating group) is 1. The van der Waals surface area contributed by atoms with Gasteiger partial charge in [-0.15, -0.1) is 21.5 Å². The lowest BCUT2D eigenvalue weighted by atomic mass is 9.99. The van der Waals surface area contributed by atoms with E-state index in [1.807, 2.05) is 59.8 Å². The molecule has 0 unspecified atom stereocenters. The summed E-state index contributed by atoms with van der Waals surface area (Å²) in [6, 6.07) is 14.1. The number of anilines is 1. The van der Waals surface area contributed by atoms with E-state index >= 15 is 0 Å². The minimum absolute atomic E-state index is 0.0719. The number of amides is 1. The number of aromatic nitrogens is 5. The largest absolute Gasteiger partial charge is 0.480 e. The maximum Gasteiger partial charge on any atom is 0.337 e. The average Bonchev–Trinajstić information content (AvgIpc) is 3.77. The number of benzene rings is 2. The number of halogens is 2. The normalized spacial score (nSPS) is 13.7. The highest BCUT2D eigenvalue weighted by molar-refractivity contribution is 7.15. The van der Waals surface area contributed by atoms with Crippen LogP contribution in [-0.2, 0) is 4.79 Å². The van der Waals surface area contributed by atoms with Gasteiger partial charge in [-0.3, -0.25) is 14.4 Å². The second-order valence-electron chi connectivity index (χ2n) is 12.5. The third kappa shape index (κ3) is 6.40. The third-order valence-electron chi connectivity index (χ3n) is 9.23. The van der Waals surface area contributed by atoms with Crippen molar-refractivity contribution in [2.45, 2.75) is 33.2 Å². The molecule has 2 aromatic carbocycles. The molecule has 0 spiro atoms. The van der Waals surface area contributed by atoms with Crippen molar-refractivity contribution in [3.05, 3.63) is 104 Å². The molecule has 12 nitrogen and oxygen atoms in total. The Hall–Kier alpha value is -5.24. The van der Waals surface area contributed by atoms with Gasteiger partial charge in [0.15, 0.2) is 5.82 Å². The number of nitrogens with one attached hydrogen (secondary N) is 2. The Morgan fingerprint density at radius 1 is 1.08 bits per heavy atom. The lowest BCUT2D eigenvalue weighted by Gasteiger charge is -2.20. The first-order chi connectivity index (χ1) is 24.9. The van der Waals surface area contributed by atoms with E-state index in [4.69, 9.17) is 37.9 Å². The molecular weight excluding hydrogens is 723 g/mol. The molecule has 266 valence electrons. The molecule has 3 N–H and O–H groups in total. The number of aryl methyl sites for hydroxylation is 2. The van der Waals surface area contributed by atoms with Crippen molar-refractivity contribution in [2.24, 2.45) is 4.99 Å². The molecule has 1 amide bonds. The molecule has 6 aromatic rings. The summed E-state index contributed by atoms with van der Waals surface area (Å²) in [5, 5.41) is 24.1. The molecule has 0 fully saturated rings. The molecule has 0 bridgehead atoms. The molecule has 52 heavy (non-hydrogen) atoms. The first-order valence-corrected chi connectivity index (χ1v) is 18.0. The van der Waals surface area contributed by atoms with E-state index in [0.717, 1.165) is 33.2 Å². The van der Waals surface area contributed by atoms with Crippen LogP contribution in [0.3, 0.4) is 0 Å². The van der Waals surface area contributed by atoms with Crippen LogP contribution in [0.4, 0.5) is 5.82 Å². The van der Waals surface area contributed by atoms with Crippen LogP contribution in [0.25, 0.3) is 27.0 Å². The van der Waals surface area contributed by atoms with Gasteiger partial charge in [-0.05, 0) is 62.7 Å². The second-order valence-corrected chi connectivity index (χ2v) is 14.5. The van der Waals surface area contributed by atoms with Crippen LogP contribution in [0, 0.1) is 20.8 Å². The molecule has 1 aliphatic rings. The number of fused-ring (bicyclic) bond motifs is 4. The summed E-state index contributed by atoms with van der Waals surface area (Å²) in [7, 11) is 3.38. The first kappa shape index (κ1) is 35.2. The number of rotatable bonds is 10. The monoisotopic (exact) mass is 756 g/mol. The number of hydrogen-bond donors (Lipinski definition) is 3. The number of methoxy groups -OCH3 is 1. The molecule has 4 aromatic heterocycles. The summed E-state index contributed by atoms with van der Waals surface area (Å²) >= 11 is 14.5. The second kappa shape index (κ2) is 14.1. The van der Waals surface area contributed by atoms with Crippen LogP contribution in [0.1, 0.15) is 56.0 Å². The Bertz CT molecular complexity index is 2400. The highest BCUT2D eigenvalue weighted by atomic mass is 35.5. The van der Waals surface area contributed by atoms with Crippen LogP contribution in [0.15, 0.2) is 59.7 Å². The molecule has 0 radical (unpaired) electrons. The number of aromatic amines is 1. The summed E-state index contributed by atoms with van der Waals surface area (Å²) < 4.78 is 7.66. The van der Waals surface area contributed by atoms with E-state index in [2.05, 4.69) is 34.3 Å². The number of nitrogens with zero attached hydrogens (tertiary/aromatic N) is 6. The topological polar surface area (TPSA) is 151 Å². The van der Waals surface area contributed by atoms with E-state index in [1.54, 1.807) is 23.5 Å². The summed E-state index contributed by atoms with van der Waals surface area (Å²) in [4.78, 5) is 41.1. The number of pyridine rings is 1. The molecule has 0 aliphatic carbocycles. The summed E-state index contributed by atoms with van der Waals surface area (Å²) in [5.74, 6) is 1.05. The quantitative estimate of drug-likeness (QED) is 0.131. The molecular formula is C37H34Cl2N8O4S. The predicted molar refractivity (Wildman–Crippen MR) is 204 cm³/mol. The maximum absolute atomic E-state index is 13.5. The number of aromatic carboxylic acids is 1. The number of ether oxygens (including phenoxy) is 1. The van der Waals surface area contributed by atoms with Crippen LogP contribution in [-0.4, -0.2) is 74.7 Å². The summed E-state index contributed by atoms with van der Waals surface area (Å²) in [6.45, 7) is 6.88. The SMILES string of the molecule is COc1nc(N(C)CCNC(=O)C[C@@H]2N=C(c3ccc(Cl)cc3)c3c(sc(C)c3C)-n3c(C)nnc32)ccc1-c1cc2c(C(=O)O)c[nH]c2cc1Cl. The van der Waals surface area contributed by atoms with Gasteiger partial charge in [0.05, 0.1) is 29.8 Å². The zero-order valence-electron chi connectivity index (χ0n) is 28.9. The molecule has 7 rings (SSSR count). The first-order valence-electron chi connectivity index (χ1n) is 16.4. The Balaban J connectivity index is 1.08. The van der Waals surface area contributed by atoms with Crippen molar-refractivity contribution < 1.29 is 19.4 Å². The van der Waals surface area contributed by atoms with Gasteiger partial charge in [0.1, 0.15) is 22.7 Å². The predicted octanol–water partition coefficient (Wildman–Crippen LogP) is 7.35. The summed E-state index contributed by atoms with van der Waals surface area (Å²) in [6.07, 6.45) is 1.51. The van der Waals surface area contributed by atoms with Crippen LogP contribution < -0.4 is 15.0 Å². The number of carboxylic acid groups (broad SMARTS) is 1. The van der Waals surface area contributed by atoms with E-state index in [1.165, 1.54) is 18.2 Å². The van der Waals surface area contributed by atoms with Gasteiger partial charge < -0.3 is 25.0 Å². The molecule has 0 saturated carbocycles. The van der Waals surface area contributed by atoms with Crippen LogP contribution in [0.2, 0.25) is 10.0 Å². The van der Waals surface area contributed by atoms with Gasteiger partial charge in [-0.1, -0.05) is 35.3 Å². The highest BCUT2D eigenvalue weighted by Gasteiger charge is 2.32. The molecule has 5 heterocycles. The molecule has 0 saturated heterocycles. The number of carbonyl (C=O) groups is 2. The zero-order chi connectivity index (χ0) is 36.8. The number of thiophene rings is 1. The van der Waals surface area contributed by atoms with Gasteiger partial charge in [-0.2, -0.15) is 4.98 Å². The Morgan fingerprint density at radius 2 is 1.85 bits per heavy atom. The smallest absolute Gasteiger partial charge is 0.337 e. The van der Waals surface area contributed by atoms with Gasteiger partial charge in [0.2, 0.25) is 11.8 Å². The maximum atomic E-state index is 13.5. The van der Waals surface area contributed by atoms with E-state index in [9.17, 15) is 14.7 Å².